The predicted molar refractivity (Wildman–Crippen MR) is 65.6 cm³/mol. The topological polar surface area (TPSA) is 53.1 Å². The molecule has 0 bridgehead atoms. The molecule has 2 rings (SSSR count). The Bertz CT molecular complexity index is 541. The zero-order chi connectivity index (χ0) is 12.4. The van der Waals surface area contributed by atoms with E-state index in [1.807, 2.05) is 6.92 Å². The molecule has 0 aliphatic rings. The van der Waals surface area contributed by atoms with Crippen molar-refractivity contribution in [2.24, 2.45) is 0 Å². The van der Waals surface area contributed by atoms with E-state index in [1.54, 1.807) is 4.57 Å². The molecule has 0 unspecified atom stereocenters. The summed E-state index contributed by atoms with van der Waals surface area (Å²) >= 11 is 5.74. The molecule has 2 N–H and O–H groups in total. The number of benzene rings is 1. The Labute approximate surface area is 103 Å². The van der Waals surface area contributed by atoms with Gasteiger partial charge in [-0.1, -0.05) is 11.6 Å². The molecule has 0 amide bonds. The van der Waals surface area contributed by atoms with Gasteiger partial charge in [-0.15, -0.1) is 0 Å². The van der Waals surface area contributed by atoms with E-state index < -0.39 is 5.82 Å². The van der Waals surface area contributed by atoms with Crippen molar-refractivity contribution in [3.05, 3.63) is 23.0 Å². The molecular formula is C11H13ClFN3O. The second-order valence-electron chi connectivity index (χ2n) is 3.57. The first-order valence-electron chi connectivity index (χ1n) is 5.32. The highest BCUT2D eigenvalue weighted by molar-refractivity contribution is 6.31. The second-order valence-corrected chi connectivity index (χ2v) is 3.98. The lowest BCUT2D eigenvalue weighted by molar-refractivity contribution is 0.140. The highest BCUT2D eigenvalue weighted by Crippen LogP contribution is 2.24. The molecule has 92 valence electrons. The van der Waals surface area contributed by atoms with Crippen LogP contribution in [-0.2, 0) is 11.3 Å². The van der Waals surface area contributed by atoms with Crippen LogP contribution in [0.25, 0.3) is 11.0 Å². The number of imidazole rings is 1. The molecule has 17 heavy (non-hydrogen) atoms. The van der Waals surface area contributed by atoms with Gasteiger partial charge in [-0.3, -0.25) is 0 Å². The molecule has 0 spiro atoms. The van der Waals surface area contributed by atoms with Crippen LogP contribution < -0.4 is 5.73 Å². The number of fused-ring (bicyclic) bond motifs is 1. The van der Waals surface area contributed by atoms with Crippen LogP contribution in [0.15, 0.2) is 12.1 Å². The average Bonchev–Trinajstić information content (AvgIpc) is 2.57. The number of nitrogens with two attached hydrogens (primary N) is 1. The monoisotopic (exact) mass is 257 g/mol. The first-order valence-corrected chi connectivity index (χ1v) is 5.69. The van der Waals surface area contributed by atoms with E-state index in [0.717, 1.165) is 0 Å². The number of rotatable bonds is 4. The van der Waals surface area contributed by atoms with Gasteiger partial charge in [-0.2, -0.15) is 0 Å². The molecule has 2 aromatic rings. The Hall–Kier alpha value is -1.33. The number of ether oxygens (including phenoxy) is 1. The van der Waals surface area contributed by atoms with Crippen molar-refractivity contribution >= 4 is 28.6 Å². The smallest absolute Gasteiger partial charge is 0.201 e. The van der Waals surface area contributed by atoms with Crippen molar-refractivity contribution in [3.63, 3.8) is 0 Å². The summed E-state index contributed by atoms with van der Waals surface area (Å²) in [7, 11) is 0. The highest BCUT2D eigenvalue weighted by Gasteiger charge is 2.11. The van der Waals surface area contributed by atoms with Gasteiger partial charge in [0.05, 0.1) is 22.7 Å². The van der Waals surface area contributed by atoms with E-state index in [0.29, 0.717) is 36.7 Å². The third kappa shape index (κ3) is 2.35. The molecule has 6 heteroatoms. The Morgan fingerprint density at radius 2 is 2.29 bits per heavy atom. The van der Waals surface area contributed by atoms with Gasteiger partial charge in [0.25, 0.3) is 0 Å². The van der Waals surface area contributed by atoms with Gasteiger partial charge in [0.15, 0.2) is 0 Å². The summed E-state index contributed by atoms with van der Waals surface area (Å²) in [6, 6.07) is 2.81. The minimum Gasteiger partial charge on any atom is -0.380 e. The molecule has 0 saturated heterocycles. The van der Waals surface area contributed by atoms with Crippen LogP contribution in [0.3, 0.4) is 0 Å². The molecule has 0 saturated carbocycles. The third-order valence-corrected chi connectivity index (χ3v) is 2.77. The van der Waals surface area contributed by atoms with Crippen LogP contribution in [-0.4, -0.2) is 22.8 Å². The Morgan fingerprint density at radius 3 is 3.00 bits per heavy atom. The van der Waals surface area contributed by atoms with Crippen LogP contribution in [0.4, 0.5) is 10.3 Å². The van der Waals surface area contributed by atoms with Crippen molar-refractivity contribution in [1.82, 2.24) is 9.55 Å². The highest BCUT2D eigenvalue weighted by atomic mass is 35.5. The van der Waals surface area contributed by atoms with E-state index in [-0.39, 0.29) is 5.02 Å². The normalized spacial score (nSPS) is 11.2. The van der Waals surface area contributed by atoms with Crippen molar-refractivity contribution < 1.29 is 9.13 Å². The molecule has 0 fully saturated rings. The fourth-order valence-corrected chi connectivity index (χ4v) is 1.83. The fourth-order valence-electron chi connectivity index (χ4n) is 1.67. The maximum atomic E-state index is 13.2. The van der Waals surface area contributed by atoms with Crippen LogP contribution in [0.1, 0.15) is 6.92 Å². The third-order valence-electron chi connectivity index (χ3n) is 2.48. The number of aromatic nitrogens is 2. The molecule has 0 atom stereocenters. The lowest BCUT2D eigenvalue weighted by atomic mass is 10.3. The summed E-state index contributed by atoms with van der Waals surface area (Å²) in [6.45, 7) is 3.66. The molecule has 1 aromatic heterocycles. The van der Waals surface area contributed by atoms with E-state index in [1.165, 1.54) is 12.1 Å². The van der Waals surface area contributed by atoms with Gasteiger partial charge in [-0.05, 0) is 13.0 Å². The van der Waals surface area contributed by atoms with E-state index in [2.05, 4.69) is 4.98 Å². The lowest BCUT2D eigenvalue weighted by Crippen LogP contribution is -2.08. The van der Waals surface area contributed by atoms with Crippen LogP contribution in [0, 0.1) is 5.82 Å². The van der Waals surface area contributed by atoms with E-state index >= 15 is 0 Å². The zero-order valence-corrected chi connectivity index (χ0v) is 10.2. The number of halogens is 2. The lowest BCUT2D eigenvalue weighted by Gasteiger charge is -2.06. The van der Waals surface area contributed by atoms with Crippen molar-refractivity contribution in [1.29, 1.82) is 0 Å². The van der Waals surface area contributed by atoms with Gasteiger partial charge < -0.3 is 15.0 Å². The first-order chi connectivity index (χ1) is 8.13. The number of anilines is 1. The first kappa shape index (κ1) is 12.1. The number of nitrogens with zero attached hydrogens (tertiary/aromatic N) is 2. The predicted octanol–water partition coefficient (Wildman–Crippen LogP) is 2.45. The summed E-state index contributed by atoms with van der Waals surface area (Å²) in [5.74, 6) is -0.157. The van der Waals surface area contributed by atoms with Gasteiger partial charge in [0, 0.05) is 19.2 Å². The summed E-state index contributed by atoms with van der Waals surface area (Å²) in [6.07, 6.45) is 0. The summed E-state index contributed by atoms with van der Waals surface area (Å²) in [5.41, 5.74) is 6.98. The minimum absolute atomic E-state index is 0.0649. The summed E-state index contributed by atoms with van der Waals surface area (Å²) < 4.78 is 20.3. The van der Waals surface area contributed by atoms with Gasteiger partial charge in [-0.25, -0.2) is 9.37 Å². The summed E-state index contributed by atoms with van der Waals surface area (Å²) in [5, 5.41) is 0.0649. The SMILES string of the molecule is CCOCCn1c(N)nc2cc(F)c(Cl)cc21. The molecule has 1 aromatic carbocycles. The molecule has 4 nitrogen and oxygen atoms in total. The maximum absolute atomic E-state index is 13.2. The van der Waals surface area contributed by atoms with Crippen LogP contribution in [0.5, 0.6) is 0 Å². The second kappa shape index (κ2) is 4.89. The Kier molecular flexibility index (Phi) is 3.49. The summed E-state index contributed by atoms with van der Waals surface area (Å²) in [4.78, 5) is 4.08. The molecular weight excluding hydrogens is 245 g/mol. The van der Waals surface area contributed by atoms with Gasteiger partial charge in [0.2, 0.25) is 5.95 Å². The van der Waals surface area contributed by atoms with Crippen molar-refractivity contribution in [2.75, 3.05) is 18.9 Å². The Morgan fingerprint density at radius 1 is 1.53 bits per heavy atom. The van der Waals surface area contributed by atoms with Crippen molar-refractivity contribution in [3.8, 4) is 0 Å². The minimum atomic E-state index is -0.492. The maximum Gasteiger partial charge on any atom is 0.201 e. The van der Waals surface area contributed by atoms with Crippen molar-refractivity contribution in [2.45, 2.75) is 13.5 Å². The molecule has 0 aliphatic carbocycles. The van der Waals surface area contributed by atoms with Crippen LogP contribution in [0.2, 0.25) is 5.02 Å². The van der Waals surface area contributed by atoms with Crippen LogP contribution >= 0.6 is 11.6 Å². The Balaban J connectivity index is 2.40. The molecule has 0 aliphatic heterocycles. The zero-order valence-electron chi connectivity index (χ0n) is 9.41. The van der Waals surface area contributed by atoms with E-state index in [4.69, 9.17) is 22.1 Å². The van der Waals surface area contributed by atoms with E-state index in [9.17, 15) is 4.39 Å². The number of nitrogen functional groups attached to an aromatic ring is 1. The molecule has 0 radical (unpaired) electrons. The number of hydrogen-bond acceptors (Lipinski definition) is 3. The van der Waals surface area contributed by atoms with Gasteiger partial charge >= 0.3 is 0 Å². The fraction of sp³-hybridized carbons (Fsp3) is 0.364. The quantitative estimate of drug-likeness (QED) is 0.856. The standard InChI is InChI=1S/C11H13ClFN3O/c1-2-17-4-3-16-10-5-7(12)8(13)6-9(10)15-11(16)14/h5-6H,2-4H2,1H3,(H2,14,15). The molecule has 1 heterocycles. The average molecular weight is 258 g/mol. The largest absolute Gasteiger partial charge is 0.380 e. The van der Waals surface area contributed by atoms with Gasteiger partial charge in [0.1, 0.15) is 5.82 Å². The number of hydrogen-bond donors (Lipinski definition) is 1.